The van der Waals surface area contributed by atoms with Gasteiger partial charge in [0.2, 0.25) is 0 Å². The van der Waals surface area contributed by atoms with Gasteiger partial charge >= 0.3 is 0 Å². The number of para-hydroxylation sites is 1. The minimum Gasteiger partial charge on any atom is -0.423 e. The van der Waals surface area contributed by atoms with E-state index in [4.69, 9.17) is 4.42 Å². The Labute approximate surface area is 149 Å². The van der Waals surface area contributed by atoms with Gasteiger partial charge in [-0.25, -0.2) is 0 Å². The molecule has 3 aromatic rings. The molecule has 1 aromatic heterocycles. The van der Waals surface area contributed by atoms with Gasteiger partial charge in [0.25, 0.3) is 6.01 Å². The van der Waals surface area contributed by atoms with E-state index >= 15 is 0 Å². The van der Waals surface area contributed by atoms with Gasteiger partial charge in [-0.3, -0.25) is 0 Å². The predicted molar refractivity (Wildman–Crippen MR) is 102 cm³/mol. The van der Waals surface area contributed by atoms with Crippen LogP contribution in [0.3, 0.4) is 0 Å². The summed E-state index contributed by atoms with van der Waals surface area (Å²) in [4.78, 5) is 9.44. The number of hydrogen-bond acceptors (Lipinski definition) is 4. The zero-order valence-corrected chi connectivity index (χ0v) is 15.0. The third-order valence-corrected chi connectivity index (χ3v) is 5.25. The second-order valence-electron chi connectivity index (χ2n) is 7.02. The van der Waals surface area contributed by atoms with Gasteiger partial charge in [0, 0.05) is 25.7 Å². The van der Waals surface area contributed by atoms with Gasteiger partial charge in [-0.15, -0.1) is 0 Å². The molecule has 4 heteroatoms. The largest absolute Gasteiger partial charge is 0.423 e. The molecule has 1 unspecified atom stereocenters. The van der Waals surface area contributed by atoms with Gasteiger partial charge in [-0.05, 0) is 44.0 Å². The third-order valence-electron chi connectivity index (χ3n) is 5.25. The first-order valence-electron chi connectivity index (χ1n) is 9.06. The van der Waals surface area contributed by atoms with Gasteiger partial charge in [0.05, 0.1) is 0 Å². The molecule has 4 nitrogen and oxygen atoms in total. The molecule has 1 fully saturated rings. The topological polar surface area (TPSA) is 32.5 Å². The number of anilines is 1. The van der Waals surface area contributed by atoms with Crippen molar-refractivity contribution in [2.45, 2.75) is 25.8 Å². The van der Waals surface area contributed by atoms with Crippen molar-refractivity contribution in [1.82, 2.24) is 9.88 Å². The second-order valence-corrected chi connectivity index (χ2v) is 7.02. The van der Waals surface area contributed by atoms with Crippen LogP contribution in [-0.4, -0.2) is 42.6 Å². The van der Waals surface area contributed by atoms with Crippen LogP contribution in [0.1, 0.15) is 17.5 Å². The maximum absolute atomic E-state index is 6.04. The minimum absolute atomic E-state index is 0.555. The summed E-state index contributed by atoms with van der Waals surface area (Å²) in [6.07, 6.45) is 2.25. The van der Waals surface area contributed by atoms with Crippen molar-refractivity contribution in [3.63, 3.8) is 0 Å². The lowest BCUT2D eigenvalue weighted by atomic mass is 10.1. The Hall–Kier alpha value is -2.33. The Balaban J connectivity index is 1.39. The number of likely N-dealkylation sites (N-methyl/N-ethyl adjacent to an activating group) is 1. The highest BCUT2D eigenvalue weighted by Gasteiger charge is 2.28. The molecular weight excluding hydrogens is 310 g/mol. The zero-order chi connectivity index (χ0) is 17.2. The van der Waals surface area contributed by atoms with E-state index in [-0.39, 0.29) is 0 Å². The summed E-state index contributed by atoms with van der Waals surface area (Å²) in [5.41, 5.74) is 4.42. The summed E-state index contributed by atoms with van der Waals surface area (Å²) < 4.78 is 6.04. The van der Waals surface area contributed by atoms with E-state index in [2.05, 4.69) is 65.2 Å². The highest BCUT2D eigenvalue weighted by Crippen LogP contribution is 2.27. The fourth-order valence-electron chi connectivity index (χ4n) is 3.62. The Bertz CT molecular complexity index is 843. The molecule has 2 heterocycles. The lowest BCUT2D eigenvalue weighted by molar-refractivity contribution is 0.261. The SMILES string of the molecule is Cc1cccc2nc(N3CCC(N(C)CCc4ccccc4)C3)oc12. The fraction of sp³-hybridized carbons (Fsp3) is 0.381. The van der Waals surface area contributed by atoms with Crippen molar-refractivity contribution in [3.05, 3.63) is 59.7 Å². The van der Waals surface area contributed by atoms with E-state index in [0.717, 1.165) is 55.2 Å². The molecule has 1 aliphatic rings. The molecule has 1 saturated heterocycles. The van der Waals surface area contributed by atoms with Crippen LogP contribution in [0, 0.1) is 6.92 Å². The first-order chi connectivity index (χ1) is 12.2. The molecule has 1 atom stereocenters. The van der Waals surface area contributed by atoms with Crippen LogP contribution in [0.5, 0.6) is 0 Å². The maximum Gasteiger partial charge on any atom is 0.298 e. The van der Waals surface area contributed by atoms with Crippen molar-refractivity contribution in [1.29, 1.82) is 0 Å². The number of nitrogens with zero attached hydrogens (tertiary/aromatic N) is 3. The van der Waals surface area contributed by atoms with Crippen LogP contribution < -0.4 is 4.90 Å². The van der Waals surface area contributed by atoms with Crippen molar-refractivity contribution in [2.75, 3.05) is 31.6 Å². The predicted octanol–water partition coefficient (Wildman–Crippen LogP) is 3.89. The van der Waals surface area contributed by atoms with E-state index in [9.17, 15) is 0 Å². The number of rotatable bonds is 5. The van der Waals surface area contributed by atoms with Crippen LogP contribution in [0.25, 0.3) is 11.1 Å². The van der Waals surface area contributed by atoms with E-state index in [1.54, 1.807) is 0 Å². The van der Waals surface area contributed by atoms with E-state index < -0.39 is 0 Å². The molecule has 0 radical (unpaired) electrons. The van der Waals surface area contributed by atoms with Crippen LogP contribution in [-0.2, 0) is 6.42 Å². The third kappa shape index (κ3) is 3.40. The van der Waals surface area contributed by atoms with E-state index in [0.29, 0.717) is 6.04 Å². The van der Waals surface area contributed by atoms with Gasteiger partial charge in [-0.1, -0.05) is 42.5 Å². The lowest BCUT2D eigenvalue weighted by Gasteiger charge is -2.24. The number of oxazole rings is 1. The lowest BCUT2D eigenvalue weighted by Crippen LogP contribution is -2.36. The van der Waals surface area contributed by atoms with Crippen molar-refractivity contribution < 1.29 is 4.42 Å². The summed E-state index contributed by atoms with van der Waals surface area (Å²) in [5.74, 6) is 0. The number of hydrogen-bond donors (Lipinski definition) is 0. The summed E-state index contributed by atoms with van der Waals surface area (Å²) in [5, 5.41) is 0. The highest BCUT2D eigenvalue weighted by atomic mass is 16.4. The highest BCUT2D eigenvalue weighted by molar-refractivity contribution is 5.77. The van der Waals surface area contributed by atoms with Crippen LogP contribution >= 0.6 is 0 Å². The average molecular weight is 335 g/mol. The van der Waals surface area contributed by atoms with Crippen LogP contribution in [0.2, 0.25) is 0 Å². The molecule has 0 amide bonds. The Morgan fingerprint density at radius 2 is 2.00 bits per heavy atom. The zero-order valence-electron chi connectivity index (χ0n) is 15.0. The monoisotopic (exact) mass is 335 g/mol. The molecular formula is C21H25N3O. The molecule has 1 aliphatic heterocycles. The van der Waals surface area contributed by atoms with Crippen molar-refractivity contribution >= 4 is 17.1 Å². The van der Waals surface area contributed by atoms with Crippen LogP contribution in [0.4, 0.5) is 6.01 Å². The van der Waals surface area contributed by atoms with Crippen molar-refractivity contribution in [2.24, 2.45) is 0 Å². The first-order valence-corrected chi connectivity index (χ1v) is 9.06. The molecule has 0 saturated carbocycles. The molecule has 2 aromatic carbocycles. The van der Waals surface area contributed by atoms with Crippen molar-refractivity contribution in [3.8, 4) is 0 Å². The number of aryl methyl sites for hydroxylation is 1. The Morgan fingerprint density at radius 1 is 1.16 bits per heavy atom. The van der Waals surface area contributed by atoms with Gasteiger partial charge in [0.1, 0.15) is 5.52 Å². The fourth-order valence-corrected chi connectivity index (χ4v) is 3.62. The number of fused-ring (bicyclic) bond motifs is 1. The normalized spacial score (nSPS) is 17.7. The number of benzene rings is 2. The molecule has 0 aliphatic carbocycles. The van der Waals surface area contributed by atoms with Gasteiger partial charge < -0.3 is 14.2 Å². The minimum atomic E-state index is 0.555. The van der Waals surface area contributed by atoms with E-state index in [1.165, 1.54) is 5.56 Å². The molecule has 4 rings (SSSR count). The van der Waals surface area contributed by atoms with Crippen LogP contribution in [0.15, 0.2) is 52.9 Å². The molecule has 0 bridgehead atoms. The standard InChI is InChI=1S/C21H25N3O/c1-16-7-6-10-19-20(16)25-21(22-19)24-14-12-18(15-24)23(2)13-11-17-8-4-3-5-9-17/h3-10,18H,11-15H2,1-2H3. The maximum atomic E-state index is 6.04. The molecule has 0 spiro atoms. The summed E-state index contributed by atoms with van der Waals surface area (Å²) >= 11 is 0. The smallest absolute Gasteiger partial charge is 0.298 e. The summed E-state index contributed by atoms with van der Waals surface area (Å²) in [6.45, 7) is 5.14. The molecule has 0 N–H and O–H groups in total. The summed E-state index contributed by atoms with van der Waals surface area (Å²) in [7, 11) is 2.23. The number of aromatic nitrogens is 1. The van der Waals surface area contributed by atoms with Gasteiger partial charge in [-0.2, -0.15) is 4.98 Å². The Kier molecular flexibility index (Phi) is 4.45. The van der Waals surface area contributed by atoms with E-state index in [1.807, 2.05) is 12.1 Å². The quantitative estimate of drug-likeness (QED) is 0.708. The molecule has 130 valence electrons. The first kappa shape index (κ1) is 16.2. The average Bonchev–Trinajstić information content (AvgIpc) is 3.28. The van der Waals surface area contributed by atoms with Gasteiger partial charge in [0.15, 0.2) is 5.58 Å². The second kappa shape index (κ2) is 6.89. The molecule has 25 heavy (non-hydrogen) atoms. The Morgan fingerprint density at radius 3 is 2.80 bits per heavy atom. The summed E-state index contributed by atoms with van der Waals surface area (Å²) in [6, 6.07) is 18.2.